The van der Waals surface area contributed by atoms with Crippen LogP contribution in [0.25, 0.3) is 0 Å². The van der Waals surface area contributed by atoms with Gasteiger partial charge in [0.1, 0.15) is 0 Å². The second kappa shape index (κ2) is 6.15. The summed E-state index contributed by atoms with van der Waals surface area (Å²) in [5, 5.41) is 9.26. The van der Waals surface area contributed by atoms with Crippen LogP contribution in [0.5, 0.6) is 0 Å². The lowest BCUT2D eigenvalue weighted by molar-refractivity contribution is 0.0370. The first-order chi connectivity index (χ1) is 8.29. The fraction of sp³-hybridized carbons (Fsp3) is 0.462. The average molecular weight is 295 g/mol. The van der Waals surface area contributed by atoms with E-state index in [0.717, 1.165) is 42.9 Å². The molecule has 1 aromatic rings. The zero-order valence-corrected chi connectivity index (χ0v) is 11.2. The van der Waals surface area contributed by atoms with Crippen molar-refractivity contribution in [1.29, 1.82) is 5.26 Å². The molecule has 0 saturated carbocycles. The van der Waals surface area contributed by atoms with Crippen molar-refractivity contribution < 1.29 is 4.74 Å². The van der Waals surface area contributed by atoms with E-state index in [1.807, 2.05) is 24.3 Å². The van der Waals surface area contributed by atoms with Crippen LogP contribution < -0.4 is 0 Å². The first-order valence-electron chi connectivity index (χ1n) is 5.75. The first kappa shape index (κ1) is 12.6. The van der Waals surface area contributed by atoms with Gasteiger partial charge >= 0.3 is 0 Å². The van der Waals surface area contributed by atoms with Crippen LogP contribution >= 0.6 is 15.9 Å². The standard InChI is InChI=1S/C13H15BrN2O/c14-13-3-1-11(2-4-13)12(9-15)10-16-5-7-17-8-6-16/h1-4,12H,5-8,10H2. The Labute approximate surface area is 110 Å². The number of hydrogen-bond acceptors (Lipinski definition) is 3. The third kappa shape index (κ3) is 3.53. The van der Waals surface area contributed by atoms with Crippen LogP contribution in [0.2, 0.25) is 0 Å². The van der Waals surface area contributed by atoms with Gasteiger partial charge in [-0.25, -0.2) is 0 Å². The van der Waals surface area contributed by atoms with Crippen LogP contribution in [0.3, 0.4) is 0 Å². The van der Waals surface area contributed by atoms with Gasteiger partial charge in [0.05, 0.1) is 25.2 Å². The van der Waals surface area contributed by atoms with Gasteiger partial charge in [0.25, 0.3) is 0 Å². The molecule has 1 fully saturated rings. The van der Waals surface area contributed by atoms with Crippen LogP contribution in [0.1, 0.15) is 11.5 Å². The molecule has 0 spiro atoms. The monoisotopic (exact) mass is 294 g/mol. The van der Waals surface area contributed by atoms with E-state index in [0.29, 0.717) is 0 Å². The van der Waals surface area contributed by atoms with Gasteiger partial charge in [-0.2, -0.15) is 5.26 Å². The maximum atomic E-state index is 9.26. The topological polar surface area (TPSA) is 36.3 Å². The van der Waals surface area contributed by atoms with Crippen LogP contribution in [0.4, 0.5) is 0 Å². The largest absolute Gasteiger partial charge is 0.379 e. The molecule has 1 saturated heterocycles. The van der Waals surface area contributed by atoms with E-state index >= 15 is 0 Å². The fourth-order valence-corrected chi connectivity index (χ4v) is 2.22. The van der Waals surface area contributed by atoms with Crippen molar-refractivity contribution in [3.63, 3.8) is 0 Å². The molecule has 3 nitrogen and oxygen atoms in total. The van der Waals surface area contributed by atoms with E-state index in [1.54, 1.807) is 0 Å². The van der Waals surface area contributed by atoms with E-state index in [4.69, 9.17) is 4.74 Å². The third-order valence-electron chi connectivity index (χ3n) is 2.97. The number of morpholine rings is 1. The highest BCUT2D eigenvalue weighted by atomic mass is 79.9. The molecule has 4 heteroatoms. The molecule has 0 aromatic heterocycles. The van der Waals surface area contributed by atoms with Gasteiger partial charge in [-0.05, 0) is 17.7 Å². The van der Waals surface area contributed by atoms with Gasteiger partial charge in [0.15, 0.2) is 0 Å². The van der Waals surface area contributed by atoms with Gasteiger partial charge in [-0.3, -0.25) is 4.90 Å². The second-order valence-electron chi connectivity index (χ2n) is 4.15. The molecular weight excluding hydrogens is 280 g/mol. The van der Waals surface area contributed by atoms with Gasteiger partial charge < -0.3 is 4.74 Å². The number of nitrogens with zero attached hydrogens (tertiary/aromatic N) is 2. The van der Waals surface area contributed by atoms with Gasteiger partial charge in [0, 0.05) is 24.1 Å². The average Bonchev–Trinajstić information content (AvgIpc) is 2.38. The van der Waals surface area contributed by atoms with Gasteiger partial charge in [-0.1, -0.05) is 28.1 Å². The highest BCUT2D eigenvalue weighted by molar-refractivity contribution is 9.10. The Hall–Kier alpha value is -0.890. The highest BCUT2D eigenvalue weighted by Gasteiger charge is 2.17. The summed E-state index contributed by atoms with van der Waals surface area (Å²) < 4.78 is 6.35. The number of halogens is 1. The van der Waals surface area contributed by atoms with E-state index < -0.39 is 0 Å². The maximum Gasteiger partial charge on any atom is 0.0839 e. The summed E-state index contributed by atoms with van der Waals surface area (Å²) in [6.45, 7) is 4.20. The zero-order chi connectivity index (χ0) is 12.1. The molecule has 2 rings (SSSR count). The Bertz CT molecular complexity index is 393. The Morgan fingerprint density at radius 3 is 2.53 bits per heavy atom. The lowest BCUT2D eigenvalue weighted by Crippen LogP contribution is -2.38. The Morgan fingerprint density at radius 1 is 1.29 bits per heavy atom. The summed E-state index contributed by atoms with van der Waals surface area (Å²) in [5.74, 6) is -0.0544. The summed E-state index contributed by atoms with van der Waals surface area (Å²) in [5.41, 5.74) is 1.09. The molecule has 1 atom stereocenters. The highest BCUT2D eigenvalue weighted by Crippen LogP contribution is 2.19. The van der Waals surface area contributed by atoms with E-state index in [9.17, 15) is 5.26 Å². The SMILES string of the molecule is N#CC(CN1CCOCC1)c1ccc(Br)cc1. The van der Waals surface area contributed by atoms with E-state index in [2.05, 4.69) is 26.9 Å². The van der Waals surface area contributed by atoms with Crippen LogP contribution in [-0.4, -0.2) is 37.7 Å². The molecule has 1 aromatic carbocycles. The van der Waals surface area contributed by atoms with E-state index in [1.165, 1.54) is 0 Å². The summed E-state index contributed by atoms with van der Waals surface area (Å²) in [7, 11) is 0. The smallest absolute Gasteiger partial charge is 0.0839 e. The first-order valence-corrected chi connectivity index (χ1v) is 6.54. The molecule has 0 N–H and O–H groups in total. The van der Waals surface area contributed by atoms with Crippen molar-refractivity contribution >= 4 is 15.9 Å². The second-order valence-corrected chi connectivity index (χ2v) is 5.06. The summed E-state index contributed by atoms with van der Waals surface area (Å²) >= 11 is 3.41. The van der Waals surface area contributed by atoms with Crippen LogP contribution in [-0.2, 0) is 4.74 Å². The van der Waals surface area contributed by atoms with Crippen molar-refractivity contribution in [3.8, 4) is 6.07 Å². The number of ether oxygens (including phenoxy) is 1. The summed E-state index contributed by atoms with van der Waals surface area (Å²) in [6.07, 6.45) is 0. The van der Waals surface area contributed by atoms with Crippen molar-refractivity contribution in [2.24, 2.45) is 0 Å². The Balaban J connectivity index is 2.01. The van der Waals surface area contributed by atoms with Crippen molar-refractivity contribution in [2.45, 2.75) is 5.92 Å². The molecule has 0 bridgehead atoms. The maximum absolute atomic E-state index is 9.26. The number of hydrogen-bond donors (Lipinski definition) is 0. The Kier molecular flexibility index (Phi) is 4.55. The molecule has 1 heterocycles. The molecule has 17 heavy (non-hydrogen) atoms. The van der Waals surface area contributed by atoms with Gasteiger partial charge in [0.2, 0.25) is 0 Å². The molecule has 1 aliphatic rings. The minimum atomic E-state index is -0.0544. The minimum absolute atomic E-state index is 0.0544. The third-order valence-corrected chi connectivity index (χ3v) is 3.50. The number of rotatable bonds is 3. The molecule has 90 valence electrons. The van der Waals surface area contributed by atoms with Crippen molar-refractivity contribution in [2.75, 3.05) is 32.8 Å². The number of benzene rings is 1. The molecule has 0 aliphatic carbocycles. The zero-order valence-electron chi connectivity index (χ0n) is 9.60. The summed E-state index contributed by atoms with van der Waals surface area (Å²) in [4.78, 5) is 2.29. The quantitative estimate of drug-likeness (QED) is 0.859. The van der Waals surface area contributed by atoms with Crippen LogP contribution in [0, 0.1) is 11.3 Å². The molecular formula is C13H15BrN2O. The lowest BCUT2D eigenvalue weighted by Gasteiger charge is -2.28. The molecule has 1 unspecified atom stereocenters. The van der Waals surface area contributed by atoms with Gasteiger partial charge in [-0.15, -0.1) is 0 Å². The predicted octanol–water partition coefficient (Wildman–Crippen LogP) is 2.39. The molecule has 0 radical (unpaired) electrons. The summed E-state index contributed by atoms with van der Waals surface area (Å²) in [6, 6.07) is 10.4. The van der Waals surface area contributed by atoms with E-state index in [-0.39, 0.29) is 5.92 Å². The van der Waals surface area contributed by atoms with Crippen molar-refractivity contribution in [1.82, 2.24) is 4.90 Å². The molecule has 0 amide bonds. The lowest BCUT2D eigenvalue weighted by atomic mass is 10.00. The normalized spacial score (nSPS) is 18.6. The minimum Gasteiger partial charge on any atom is -0.379 e. The van der Waals surface area contributed by atoms with Crippen molar-refractivity contribution in [3.05, 3.63) is 34.3 Å². The predicted molar refractivity (Wildman–Crippen MR) is 69.8 cm³/mol. The number of nitriles is 1. The molecule has 1 aliphatic heterocycles. The fourth-order valence-electron chi connectivity index (χ4n) is 1.96. The Morgan fingerprint density at radius 2 is 1.94 bits per heavy atom. The van der Waals surface area contributed by atoms with Crippen LogP contribution in [0.15, 0.2) is 28.7 Å².